The van der Waals surface area contributed by atoms with Crippen LogP contribution in [-0.2, 0) is 11.2 Å². The molecule has 0 spiro atoms. The number of nitrogens with zero attached hydrogens (tertiary/aromatic N) is 3. The molecule has 8 nitrogen and oxygen atoms in total. The molecule has 1 fully saturated rings. The second-order valence-corrected chi connectivity index (χ2v) is 9.87. The lowest BCUT2D eigenvalue weighted by Crippen LogP contribution is -2.53. The Morgan fingerprint density at radius 3 is 2.71 bits per heavy atom. The first-order valence-corrected chi connectivity index (χ1v) is 12.1. The van der Waals surface area contributed by atoms with E-state index in [0.29, 0.717) is 26.0 Å². The fourth-order valence-electron chi connectivity index (χ4n) is 5.53. The molecule has 0 saturated carbocycles. The van der Waals surface area contributed by atoms with E-state index in [9.17, 15) is 14.7 Å². The maximum atomic E-state index is 13.8. The zero-order chi connectivity index (χ0) is 24.9. The number of rotatable bonds is 7. The highest BCUT2D eigenvalue weighted by molar-refractivity contribution is 6.08. The van der Waals surface area contributed by atoms with E-state index in [0.717, 1.165) is 40.0 Å². The average molecular weight is 477 g/mol. The van der Waals surface area contributed by atoms with E-state index >= 15 is 0 Å². The summed E-state index contributed by atoms with van der Waals surface area (Å²) in [5, 5.41) is 11.2. The molecule has 2 aromatic carbocycles. The number of fused-ring (bicyclic) bond motifs is 4. The van der Waals surface area contributed by atoms with Crippen LogP contribution in [0.5, 0.6) is 11.5 Å². The number of aromatic amines is 1. The van der Waals surface area contributed by atoms with E-state index in [-0.39, 0.29) is 17.7 Å². The molecular formula is C27H32N4O4. The first-order chi connectivity index (χ1) is 16.7. The summed E-state index contributed by atoms with van der Waals surface area (Å²) >= 11 is 0. The van der Waals surface area contributed by atoms with Crippen molar-refractivity contribution in [3.8, 4) is 11.5 Å². The van der Waals surface area contributed by atoms with E-state index in [1.165, 1.54) is 4.90 Å². The van der Waals surface area contributed by atoms with Crippen LogP contribution in [0.4, 0.5) is 4.79 Å². The number of H-pyrrole nitrogens is 1. The number of hydrogen-bond donors (Lipinski definition) is 2. The van der Waals surface area contributed by atoms with Gasteiger partial charge in [-0.3, -0.25) is 14.6 Å². The number of phenolic OH excluding ortho intramolecular Hbond substituents is 1. The van der Waals surface area contributed by atoms with Crippen LogP contribution >= 0.6 is 0 Å². The van der Waals surface area contributed by atoms with Crippen molar-refractivity contribution in [1.82, 2.24) is 19.7 Å². The minimum atomic E-state index is -1.03. The van der Waals surface area contributed by atoms with Gasteiger partial charge in [0.25, 0.3) is 5.91 Å². The monoisotopic (exact) mass is 476 g/mol. The van der Waals surface area contributed by atoms with Gasteiger partial charge in [-0.15, -0.1) is 0 Å². The molecule has 8 heteroatoms. The van der Waals surface area contributed by atoms with E-state index in [1.807, 2.05) is 57.1 Å². The standard InChI is InChI=1S/C27H32N4O4/c1-5-35-19-10-11-22-20(15-19)21-16-27(2)25(33)30(13-7-12-29(3)4)26(34)31(27)24(23(21)28-22)17-8-6-9-18(32)14-17/h6,8-11,14-15,24,28,32H,5,7,12-13,16H2,1-4H3/t24-,27+/m1/s1. The zero-order valence-corrected chi connectivity index (χ0v) is 20.7. The quantitative estimate of drug-likeness (QED) is 0.505. The second-order valence-electron chi connectivity index (χ2n) is 9.87. The Balaban J connectivity index is 1.66. The summed E-state index contributed by atoms with van der Waals surface area (Å²) in [6, 6.07) is 12.0. The molecule has 184 valence electrons. The first-order valence-electron chi connectivity index (χ1n) is 12.1. The highest BCUT2D eigenvalue weighted by Gasteiger charge is 2.60. The Bertz CT molecular complexity index is 1300. The number of ether oxygens (including phenoxy) is 1. The lowest BCUT2D eigenvalue weighted by Gasteiger charge is -2.42. The third kappa shape index (κ3) is 3.72. The normalized spacial score (nSPS) is 21.7. The molecular weight excluding hydrogens is 444 g/mol. The van der Waals surface area contributed by atoms with Gasteiger partial charge in [-0.05, 0) is 82.4 Å². The van der Waals surface area contributed by atoms with Gasteiger partial charge in [0.2, 0.25) is 0 Å². The third-order valence-corrected chi connectivity index (χ3v) is 7.12. The molecule has 1 saturated heterocycles. The number of amides is 3. The lowest BCUT2D eigenvalue weighted by molar-refractivity contribution is -0.133. The van der Waals surface area contributed by atoms with Crippen LogP contribution < -0.4 is 4.74 Å². The Morgan fingerprint density at radius 1 is 1.20 bits per heavy atom. The van der Waals surface area contributed by atoms with Crippen LogP contribution in [0.15, 0.2) is 42.5 Å². The summed E-state index contributed by atoms with van der Waals surface area (Å²) in [5.74, 6) is 0.710. The number of imide groups is 1. The van der Waals surface area contributed by atoms with Crippen molar-refractivity contribution in [3.63, 3.8) is 0 Å². The molecule has 35 heavy (non-hydrogen) atoms. The molecule has 0 bridgehead atoms. The number of hydrogen-bond acceptors (Lipinski definition) is 5. The zero-order valence-electron chi connectivity index (χ0n) is 20.7. The number of urea groups is 1. The van der Waals surface area contributed by atoms with Crippen molar-refractivity contribution in [3.05, 3.63) is 59.3 Å². The molecule has 2 aliphatic rings. The predicted octanol–water partition coefficient (Wildman–Crippen LogP) is 3.89. The molecule has 0 radical (unpaired) electrons. The van der Waals surface area contributed by atoms with Gasteiger partial charge in [-0.1, -0.05) is 12.1 Å². The van der Waals surface area contributed by atoms with Crippen molar-refractivity contribution in [2.45, 2.75) is 38.3 Å². The van der Waals surface area contributed by atoms with Crippen molar-refractivity contribution >= 4 is 22.8 Å². The van der Waals surface area contributed by atoms with Gasteiger partial charge in [0.15, 0.2) is 0 Å². The summed E-state index contributed by atoms with van der Waals surface area (Å²) in [6.45, 7) is 5.53. The summed E-state index contributed by atoms with van der Waals surface area (Å²) in [4.78, 5) is 36.3. The van der Waals surface area contributed by atoms with Crippen LogP contribution in [0.2, 0.25) is 0 Å². The largest absolute Gasteiger partial charge is 0.508 e. The fraction of sp³-hybridized carbons (Fsp3) is 0.407. The lowest BCUT2D eigenvalue weighted by atomic mass is 9.81. The van der Waals surface area contributed by atoms with Crippen molar-refractivity contribution in [2.24, 2.45) is 0 Å². The Hall–Kier alpha value is -3.52. The number of carbonyl (C=O) groups excluding carboxylic acids is 2. The Labute approximate surface area is 205 Å². The fourth-order valence-corrected chi connectivity index (χ4v) is 5.53. The number of phenols is 1. The number of aromatic hydroxyl groups is 1. The number of carbonyl (C=O) groups is 2. The van der Waals surface area contributed by atoms with Crippen LogP contribution in [0.1, 0.15) is 43.1 Å². The van der Waals surface area contributed by atoms with Crippen LogP contribution in [-0.4, -0.2) is 76.1 Å². The molecule has 2 N–H and O–H groups in total. The van der Waals surface area contributed by atoms with Gasteiger partial charge >= 0.3 is 6.03 Å². The van der Waals surface area contributed by atoms with Crippen molar-refractivity contribution in [1.29, 1.82) is 0 Å². The number of benzene rings is 2. The van der Waals surface area contributed by atoms with Gasteiger partial charge in [-0.2, -0.15) is 0 Å². The molecule has 0 unspecified atom stereocenters. The second kappa shape index (κ2) is 8.61. The molecule has 2 aliphatic heterocycles. The minimum Gasteiger partial charge on any atom is -0.508 e. The highest BCUT2D eigenvalue weighted by Crippen LogP contribution is 2.49. The van der Waals surface area contributed by atoms with E-state index in [1.54, 1.807) is 23.1 Å². The van der Waals surface area contributed by atoms with Crippen molar-refractivity contribution < 1.29 is 19.4 Å². The molecule has 5 rings (SSSR count). The third-order valence-electron chi connectivity index (χ3n) is 7.12. The van der Waals surface area contributed by atoms with E-state index in [4.69, 9.17) is 4.74 Å². The van der Waals surface area contributed by atoms with Gasteiger partial charge < -0.3 is 19.7 Å². The van der Waals surface area contributed by atoms with Gasteiger partial charge in [-0.25, -0.2) is 4.79 Å². The maximum Gasteiger partial charge on any atom is 0.328 e. The number of nitrogens with one attached hydrogen (secondary N) is 1. The molecule has 0 aliphatic carbocycles. The predicted molar refractivity (Wildman–Crippen MR) is 134 cm³/mol. The van der Waals surface area contributed by atoms with Crippen LogP contribution in [0.3, 0.4) is 0 Å². The minimum absolute atomic E-state index is 0.117. The summed E-state index contributed by atoms with van der Waals surface area (Å²) < 4.78 is 5.74. The summed E-state index contributed by atoms with van der Waals surface area (Å²) in [6.07, 6.45) is 1.11. The van der Waals surface area contributed by atoms with E-state index < -0.39 is 11.6 Å². The van der Waals surface area contributed by atoms with E-state index in [2.05, 4.69) is 4.98 Å². The summed E-state index contributed by atoms with van der Waals surface area (Å²) in [7, 11) is 3.95. The first kappa shape index (κ1) is 23.2. The maximum absolute atomic E-state index is 13.8. The molecule has 2 atom stereocenters. The van der Waals surface area contributed by atoms with Crippen LogP contribution in [0.25, 0.3) is 10.9 Å². The Morgan fingerprint density at radius 2 is 2.00 bits per heavy atom. The van der Waals surface area contributed by atoms with Gasteiger partial charge in [0, 0.05) is 29.6 Å². The number of aromatic nitrogens is 1. The molecule has 3 heterocycles. The Kier molecular flexibility index (Phi) is 5.71. The SMILES string of the molecule is CCOc1ccc2[nH]c3c(c2c1)C[C@@]1(C)C(=O)N(CCCN(C)C)C(=O)N1[C@@H]3c1cccc(O)c1. The highest BCUT2D eigenvalue weighted by atomic mass is 16.5. The molecule has 3 amide bonds. The summed E-state index contributed by atoms with van der Waals surface area (Å²) in [5.41, 5.74) is 2.52. The van der Waals surface area contributed by atoms with Crippen molar-refractivity contribution in [2.75, 3.05) is 33.8 Å². The van der Waals surface area contributed by atoms with Gasteiger partial charge in [0.05, 0.1) is 6.61 Å². The van der Waals surface area contributed by atoms with Crippen LogP contribution in [0, 0.1) is 0 Å². The molecule has 1 aromatic heterocycles. The van der Waals surface area contributed by atoms with Gasteiger partial charge in [0.1, 0.15) is 23.1 Å². The molecule has 3 aromatic rings. The average Bonchev–Trinajstić information content (AvgIpc) is 3.25. The topological polar surface area (TPSA) is 89.1 Å². The smallest absolute Gasteiger partial charge is 0.328 e.